The number of hydrogen-bond donors (Lipinski definition) is 1. The minimum absolute atomic E-state index is 0.346. The van der Waals surface area contributed by atoms with Gasteiger partial charge in [-0.25, -0.2) is 0 Å². The van der Waals surface area contributed by atoms with Crippen molar-refractivity contribution in [2.45, 2.75) is 12.0 Å². The van der Waals surface area contributed by atoms with E-state index in [1.807, 2.05) is 0 Å². The lowest BCUT2D eigenvalue weighted by Gasteiger charge is -2.21. The van der Waals surface area contributed by atoms with E-state index >= 15 is 0 Å². The van der Waals surface area contributed by atoms with Crippen molar-refractivity contribution in [3.05, 3.63) is 58.6 Å². The Morgan fingerprint density at radius 3 is 2.75 bits per heavy atom. The molecule has 124 valence electrons. The maximum atomic E-state index is 12.6. The average Bonchev–Trinajstić information content (AvgIpc) is 2.76. The molecule has 0 aromatic heterocycles. The van der Waals surface area contributed by atoms with Crippen LogP contribution in [0.2, 0.25) is 5.02 Å². The lowest BCUT2D eigenvalue weighted by atomic mass is 9.88. The Kier molecular flexibility index (Phi) is 4.07. The highest BCUT2D eigenvalue weighted by molar-refractivity contribution is 6.31. The summed E-state index contributed by atoms with van der Waals surface area (Å²) in [4.78, 5) is 26.5. The minimum Gasteiger partial charge on any atom is -0.497 e. The van der Waals surface area contributed by atoms with E-state index in [0.29, 0.717) is 27.6 Å². The van der Waals surface area contributed by atoms with Gasteiger partial charge in [0.05, 0.1) is 19.2 Å². The number of methoxy groups -OCH3 is 1. The van der Waals surface area contributed by atoms with Gasteiger partial charge in [-0.05, 0) is 30.3 Å². The SMILES string of the molecule is COc1cccc(C(=O)CC2(O)C(=O)N(C)c3ccc(Cl)cc32)c1. The Hall–Kier alpha value is -2.37. The van der Waals surface area contributed by atoms with Gasteiger partial charge in [0, 0.05) is 23.2 Å². The number of hydrogen-bond acceptors (Lipinski definition) is 4. The Balaban J connectivity index is 1.98. The van der Waals surface area contributed by atoms with Gasteiger partial charge in [-0.1, -0.05) is 23.7 Å². The molecule has 1 aliphatic rings. The smallest absolute Gasteiger partial charge is 0.263 e. The number of Topliss-reactive ketones (excluding diaryl/α,β-unsaturated/α-hetero) is 1. The van der Waals surface area contributed by atoms with Crippen LogP contribution in [0.3, 0.4) is 0 Å². The van der Waals surface area contributed by atoms with Gasteiger partial charge in [0.1, 0.15) is 5.75 Å². The van der Waals surface area contributed by atoms with Gasteiger partial charge < -0.3 is 14.7 Å². The zero-order valence-electron chi connectivity index (χ0n) is 13.2. The zero-order chi connectivity index (χ0) is 17.5. The summed E-state index contributed by atoms with van der Waals surface area (Å²) in [6, 6.07) is 11.4. The second kappa shape index (κ2) is 5.92. The molecule has 0 spiro atoms. The molecular formula is C18H16ClNO4. The van der Waals surface area contributed by atoms with Gasteiger partial charge in [0.2, 0.25) is 0 Å². The largest absolute Gasteiger partial charge is 0.497 e. The Bertz CT molecular complexity index is 836. The fourth-order valence-electron chi connectivity index (χ4n) is 2.94. The zero-order valence-corrected chi connectivity index (χ0v) is 14.0. The van der Waals surface area contributed by atoms with Crippen LogP contribution in [0.1, 0.15) is 22.3 Å². The van der Waals surface area contributed by atoms with Crippen molar-refractivity contribution in [2.24, 2.45) is 0 Å². The summed E-state index contributed by atoms with van der Waals surface area (Å²) in [5.41, 5.74) is -0.660. The van der Waals surface area contributed by atoms with E-state index < -0.39 is 11.5 Å². The molecule has 1 aliphatic heterocycles. The molecule has 0 fully saturated rings. The number of aliphatic hydroxyl groups is 1. The van der Waals surface area contributed by atoms with Gasteiger partial charge in [0.15, 0.2) is 11.4 Å². The summed E-state index contributed by atoms with van der Waals surface area (Å²) in [6.45, 7) is 0. The third-order valence-electron chi connectivity index (χ3n) is 4.23. The number of benzene rings is 2. The lowest BCUT2D eigenvalue weighted by molar-refractivity contribution is -0.135. The van der Waals surface area contributed by atoms with Gasteiger partial charge in [0.25, 0.3) is 5.91 Å². The summed E-state index contributed by atoms with van der Waals surface area (Å²) < 4.78 is 5.10. The molecule has 0 bridgehead atoms. The summed E-state index contributed by atoms with van der Waals surface area (Å²) in [5.74, 6) is -0.367. The van der Waals surface area contributed by atoms with Crippen molar-refractivity contribution >= 4 is 29.0 Å². The molecule has 1 unspecified atom stereocenters. The first-order chi connectivity index (χ1) is 11.4. The number of fused-ring (bicyclic) bond motifs is 1. The first-order valence-electron chi connectivity index (χ1n) is 7.34. The molecule has 1 heterocycles. The van der Waals surface area contributed by atoms with Crippen LogP contribution in [0.4, 0.5) is 5.69 Å². The fraction of sp³-hybridized carbons (Fsp3) is 0.222. The van der Waals surface area contributed by atoms with Gasteiger partial charge in [-0.15, -0.1) is 0 Å². The Morgan fingerprint density at radius 2 is 2.04 bits per heavy atom. The summed E-state index contributed by atoms with van der Waals surface area (Å²) in [6.07, 6.45) is -0.364. The van der Waals surface area contributed by atoms with Crippen molar-refractivity contribution in [1.29, 1.82) is 0 Å². The number of rotatable bonds is 4. The topological polar surface area (TPSA) is 66.8 Å². The van der Waals surface area contributed by atoms with E-state index in [4.69, 9.17) is 16.3 Å². The van der Waals surface area contributed by atoms with Crippen LogP contribution in [0.25, 0.3) is 0 Å². The highest BCUT2D eigenvalue weighted by Crippen LogP contribution is 2.43. The molecule has 3 rings (SSSR count). The summed E-state index contributed by atoms with van der Waals surface area (Å²) in [5, 5.41) is 11.4. The maximum Gasteiger partial charge on any atom is 0.263 e. The number of anilines is 1. The third-order valence-corrected chi connectivity index (χ3v) is 4.47. The third kappa shape index (κ3) is 2.56. The fourth-order valence-corrected chi connectivity index (χ4v) is 3.11. The second-order valence-corrected chi connectivity index (χ2v) is 6.15. The van der Waals surface area contributed by atoms with E-state index in [-0.39, 0.29) is 12.2 Å². The van der Waals surface area contributed by atoms with E-state index in [0.717, 1.165) is 0 Å². The summed E-state index contributed by atoms with van der Waals surface area (Å²) in [7, 11) is 3.06. The molecule has 0 saturated heterocycles. The molecule has 0 aliphatic carbocycles. The highest BCUT2D eigenvalue weighted by atomic mass is 35.5. The van der Waals surface area contributed by atoms with Crippen molar-refractivity contribution in [3.63, 3.8) is 0 Å². The number of likely N-dealkylation sites (N-methyl/N-ethyl adjacent to an activating group) is 1. The molecule has 1 N–H and O–H groups in total. The van der Waals surface area contributed by atoms with Crippen LogP contribution in [0, 0.1) is 0 Å². The number of carbonyl (C=O) groups is 2. The van der Waals surface area contributed by atoms with E-state index in [1.165, 1.54) is 18.1 Å². The Morgan fingerprint density at radius 1 is 1.29 bits per heavy atom. The molecular weight excluding hydrogens is 330 g/mol. The van der Waals surface area contributed by atoms with Gasteiger partial charge >= 0.3 is 0 Å². The van der Waals surface area contributed by atoms with Crippen molar-refractivity contribution < 1.29 is 19.4 Å². The monoisotopic (exact) mass is 345 g/mol. The molecule has 2 aromatic rings. The minimum atomic E-state index is -1.92. The van der Waals surface area contributed by atoms with Crippen LogP contribution in [0.15, 0.2) is 42.5 Å². The lowest BCUT2D eigenvalue weighted by Crippen LogP contribution is -2.40. The van der Waals surface area contributed by atoms with Crippen molar-refractivity contribution in [1.82, 2.24) is 0 Å². The predicted octanol–water partition coefficient (Wildman–Crippen LogP) is 2.79. The molecule has 2 aromatic carbocycles. The van der Waals surface area contributed by atoms with Gasteiger partial charge in [-0.3, -0.25) is 9.59 Å². The number of ketones is 1. The quantitative estimate of drug-likeness (QED) is 0.865. The predicted molar refractivity (Wildman–Crippen MR) is 90.7 cm³/mol. The molecule has 0 saturated carbocycles. The molecule has 1 amide bonds. The first-order valence-corrected chi connectivity index (χ1v) is 7.72. The first kappa shape index (κ1) is 16.5. The second-order valence-electron chi connectivity index (χ2n) is 5.72. The number of ether oxygens (including phenoxy) is 1. The summed E-state index contributed by atoms with van der Waals surface area (Å²) >= 11 is 6.00. The number of amides is 1. The molecule has 5 nitrogen and oxygen atoms in total. The van der Waals surface area contributed by atoms with Crippen LogP contribution in [-0.4, -0.2) is 31.0 Å². The maximum absolute atomic E-state index is 12.6. The van der Waals surface area contributed by atoms with Crippen LogP contribution in [-0.2, 0) is 10.4 Å². The number of nitrogens with zero attached hydrogens (tertiary/aromatic N) is 1. The van der Waals surface area contributed by atoms with E-state index in [9.17, 15) is 14.7 Å². The molecule has 24 heavy (non-hydrogen) atoms. The van der Waals surface area contributed by atoms with E-state index in [1.54, 1.807) is 43.4 Å². The van der Waals surface area contributed by atoms with Crippen LogP contribution >= 0.6 is 11.6 Å². The van der Waals surface area contributed by atoms with E-state index in [2.05, 4.69) is 0 Å². The molecule has 1 atom stereocenters. The average molecular weight is 346 g/mol. The normalized spacial score (nSPS) is 19.3. The van der Waals surface area contributed by atoms with Crippen LogP contribution in [0.5, 0.6) is 5.75 Å². The Labute approximate surface area is 144 Å². The standard InChI is InChI=1S/C18H16ClNO4/c1-20-15-7-6-12(19)9-14(15)18(23,17(20)22)10-16(21)11-4-3-5-13(8-11)24-2/h3-9,23H,10H2,1-2H3. The number of halogens is 1. The van der Waals surface area contributed by atoms with Crippen molar-refractivity contribution in [2.75, 3.05) is 19.1 Å². The van der Waals surface area contributed by atoms with Crippen LogP contribution < -0.4 is 9.64 Å². The highest BCUT2D eigenvalue weighted by Gasteiger charge is 2.49. The van der Waals surface area contributed by atoms with Crippen molar-refractivity contribution in [3.8, 4) is 5.75 Å². The molecule has 6 heteroatoms. The van der Waals surface area contributed by atoms with Gasteiger partial charge in [-0.2, -0.15) is 0 Å². The molecule has 0 radical (unpaired) electrons. The number of carbonyl (C=O) groups excluding carboxylic acids is 2.